The van der Waals surface area contributed by atoms with Gasteiger partial charge in [0, 0.05) is 19.3 Å². The molecular weight excluding hydrogens is 372 g/mol. The largest absolute Gasteiger partial charge is 0.303 e. The summed E-state index contributed by atoms with van der Waals surface area (Å²) in [5.41, 5.74) is 1.39. The van der Waals surface area contributed by atoms with E-state index in [0.29, 0.717) is 13.1 Å². The fourth-order valence-electron chi connectivity index (χ4n) is 4.11. The third kappa shape index (κ3) is 5.95. The molecule has 3 rings (SSSR count). The van der Waals surface area contributed by atoms with Gasteiger partial charge in [0.2, 0.25) is 11.8 Å². The van der Waals surface area contributed by atoms with Gasteiger partial charge in [-0.3, -0.25) is 19.5 Å². The SMILES string of the molecule is O=C1NC(=S)N(CCC2=CCCCC2)C(=O)C1C=NCCCN1CCCCC1. The first-order chi connectivity index (χ1) is 13.6. The van der Waals surface area contributed by atoms with E-state index in [-0.39, 0.29) is 16.9 Å². The molecule has 0 saturated carbocycles. The Morgan fingerprint density at radius 3 is 2.71 bits per heavy atom. The molecule has 154 valence electrons. The average Bonchev–Trinajstić information content (AvgIpc) is 2.71. The molecule has 0 aromatic carbocycles. The van der Waals surface area contributed by atoms with Crippen LogP contribution in [0.15, 0.2) is 16.6 Å². The van der Waals surface area contributed by atoms with Crippen LogP contribution in [0.3, 0.4) is 0 Å². The molecule has 2 fully saturated rings. The van der Waals surface area contributed by atoms with Crippen molar-refractivity contribution in [2.75, 3.05) is 32.7 Å². The summed E-state index contributed by atoms with van der Waals surface area (Å²) in [4.78, 5) is 33.4. The first kappa shape index (κ1) is 21.1. The standard InChI is InChI=1S/C21H32N4O2S/c26-19-18(16-22-11-7-14-24-12-5-2-6-13-24)20(27)25(21(28)23-19)15-10-17-8-3-1-4-9-17/h8,16,18H,1-7,9-15H2,(H,23,26,28). The zero-order valence-electron chi connectivity index (χ0n) is 16.7. The molecular formula is C21H32N4O2S. The smallest absolute Gasteiger partial charge is 0.246 e. The molecule has 1 unspecified atom stereocenters. The first-order valence-electron chi connectivity index (χ1n) is 10.7. The Bertz CT molecular complexity index is 640. The van der Waals surface area contributed by atoms with Crippen LogP contribution in [-0.2, 0) is 9.59 Å². The Kier molecular flexibility index (Phi) is 8.15. The number of rotatable bonds is 8. The van der Waals surface area contributed by atoms with E-state index < -0.39 is 5.92 Å². The molecule has 2 amide bonds. The second kappa shape index (κ2) is 10.8. The van der Waals surface area contributed by atoms with Gasteiger partial charge >= 0.3 is 0 Å². The van der Waals surface area contributed by atoms with E-state index in [1.54, 1.807) is 0 Å². The highest BCUT2D eigenvalue weighted by molar-refractivity contribution is 7.80. The lowest BCUT2D eigenvalue weighted by Gasteiger charge is -2.31. The van der Waals surface area contributed by atoms with Gasteiger partial charge in [-0.1, -0.05) is 18.1 Å². The van der Waals surface area contributed by atoms with Crippen LogP contribution in [0.4, 0.5) is 0 Å². The summed E-state index contributed by atoms with van der Waals surface area (Å²) in [5, 5.41) is 2.89. The maximum atomic E-state index is 12.8. The van der Waals surface area contributed by atoms with Crippen LogP contribution in [0.25, 0.3) is 0 Å². The lowest BCUT2D eigenvalue weighted by atomic mass is 9.97. The highest BCUT2D eigenvalue weighted by Gasteiger charge is 2.37. The van der Waals surface area contributed by atoms with E-state index in [9.17, 15) is 9.59 Å². The van der Waals surface area contributed by atoms with Crippen LogP contribution < -0.4 is 5.32 Å². The van der Waals surface area contributed by atoms with Crippen molar-refractivity contribution in [2.24, 2.45) is 10.9 Å². The highest BCUT2D eigenvalue weighted by atomic mass is 32.1. The van der Waals surface area contributed by atoms with Crippen molar-refractivity contribution in [3.05, 3.63) is 11.6 Å². The molecule has 2 heterocycles. The van der Waals surface area contributed by atoms with E-state index in [4.69, 9.17) is 12.2 Å². The fourth-order valence-corrected chi connectivity index (χ4v) is 4.39. The molecule has 28 heavy (non-hydrogen) atoms. The number of nitrogens with one attached hydrogen (secondary N) is 1. The fraction of sp³-hybridized carbons (Fsp3) is 0.714. The minimum Gasteiger partial charge on any atom is -0.303 e. The van der Waals surface area contributed by atoms with Crippen molar-refractivity contribution in [3.63, 3.8) is 0 Å². The monoisotopic (exact) mass is 404 g/mol. The summed E-state index contributed by atoms with van der Waals surface area (Å²) in [5.74, 6) is -1.46. The Hall–Kier alpha value is -1.60. The lowest BCUT2D eigenvalue weighted by Crippen LogP contribution is -2.58. The predicted molar refractivity (Wildman–Crippen MR) is 115 cm³/mol. The highest BCUT2D eigenvalue weighted by Crippen LogP contribution is 2.21. The molecule has 2 aliphatic heterocycles. The molecule has 7 heteroatoms. The molecule has 0 bridgehead atoms. The van der Waals surface area contributed by atoms with Gasteiger partial charge < -0.3 is 10.2 Å². The molecule has 1 aliphatic carbocycles. The van der Waals surface area contributed by atoms with E-state index in [2.05, 4.69) is 21.3 Å². The molecule has 2 saturated heterocycles. The van der Waals surface area contributed by atoms with Gasteiger partial charge in [0.15, 0.2) is 11.0 Å². The molecule has 0 aromatic rings. The van der Waals surface area contributed by atoms with Crippen LogP contribution in [0.5, 0.6) is 0 Å². The lowest BCUT2D eigenvalue weighted by molar-refractivity contribution is -0.137. The summed E-state index contributed by atoms with van der Waals surface area (Å²) >= 11 is 5.23. The van der Waals surface area contributed by atoms with Gasteiger partial charge in [-0.25, -0.2) is 0 Å². The summed E-state index contributed by atoms with van der Waals surface area (Å²) in [6.45, 7) is 4.56. The van der Waals surface area contributed by atoms with E-state index in [0.717, 1.165) is 32.2 Å². The van der Waals surface area contributed by atoms with Gasteiger partial charge in [-0.05, 0) is 83.2 Å². The number of thiocarbonyl (C=S) groups is 1. The van der Waals surface area contributed by atoms with E-state index >= 15 is 0 Å². The van der Waals surface area contributed by atoms with E-state index in [1.807, 2.05) is 0 Å². The summed E-state index contributed by atoms with van der Waals surface area (Å²) in [7, 11) is 0. The number of carbonyl (C=O) groups is 2. The Morgan fingerprint density at radius 2 is 1.96 bits per heavy atom. The Labute approximate surface area is 173 Å². The Morgan fingerprint density at radius 1 is 1.14 bits per heavy atom. The van der Waals surface area contributed by atoms with Crippen LogP contribution in [-0.4, -0.2) is 65.7 Å². The van der Waals surface area contributed by atoms with Crippen LogP contribution in [0, 0.1) is 5.92 Å². The number of amides is 2. The molecule has 6 nitrogen and oxygen atoms in total. The first-order valence-corrected chi connectivity index (χ1v) is 11.1. The summed E-state index contributed by atoms with van der Waals surface area (Å²) in [6.07, 6.45) is 14.2. The van der Waals surface area contributed by atoms with Crippen molar-refractivity contribution >= 4 is 35.4 Å². The summed E-state index contributed by atoms with van der Waals surface area (Å²) in [6, 6.07) is 0. The van der Waals surface area contributed by atoms with Crippen LogP contribution in [0.1, 0.15) is 57.8 Å². The maximum Gasteiger partial charge on any atom is 0.246 e. The zero-order chi connectivity index (χ0) is 19.8. The topological polar surface area (TPSA) is 65.0 Å². The number of aliphatic imine (C=N–C) groups is 1. The van der Waals surface area contributed by atoms with Crippen molar-refractivity contribution in [3.8, 4) is 0 Å². The van der Waals surface area contributed by atoms with Crippen molar-refractivity contribution in [2.45, 2.75) is 57.8 Å². The van der Waals surface area contributed by atoms with Gasteiger partial charge in [-0.15, -0.1) is 0 Å². The van der Waals surface area contributed by atoms with Crippen LogP contribution >= 0.6 is 12.2 Å². The normalized spacial score (nSPS) is 24.6. The molecule has 1 N–H and O–H groups in total. The summed E-state index contributed by atoms with van der Waals surface area (Å²) < 4.78 is 0. The number of allylic oxidation sites excluding steroid dienone is 1. The van der Waals surface area contributed by atoms with E-state index in [1.165, 1.54) is 61.9 Å². The van der Waals surface area contributed by atoms with Crippen molar-refractivity contribution in [1.29, 1.82) is 0 Å². The molecule has 0 spiro atoms. The maximum absolute atomic E-state index is 12.8. The molecule has 0 radical (unpaired) electrons. The minimum absolute atomic E-state index is 0.223. The third-order valence-electron chi connectivity index (χ3n) is 5.80. The van der Waals surface area contributed by atoms with Gasteiger partial charge in [0.1, 0.15) is 0 Å². The van der Waals surface area contributed by atoms with Gasteiger partial charge in [0.25, 0.3) is 0 Å². The second-order valence-corrected chi connectivity index (χ2v) is 8.32. The van der Waals surface area contributed by atoms with Gasteiger partial charge in [-0.2, -0.15) is 0 Å². The van der Waals surface area contributed by atoms with Crippen LogP contribution in [0.2, 0.25) is 0 Å². The average molecular weight is 405 g/mol. The number of carbonyl (C=O) groups excluding carboxylic acids is 2. The molecule has 0 aromatic heterocycles. The Balaban J connectivity index is 1.47. The van der Waals surface area contributed by atoms with Gasteiger partial charge in [0.05, 0.1) is 0 Å². The third-order valence-corrected chi connectivity index (χ3v) is 6.12. The molecule has 3 aliphatic rings. The van der Waals surface area contributed by atoms with Crippen molar-refractivity contribution in [1.82, 2.24) is 15.1 Å². The quantitative estimate of drug-likeness (QED) is 0.222. The number of piperidine rings is 1. The number of likely N-dealkylation sites (tertiary alicyclic amines) is 1. The second-order valence-electron chi connectivity index (χ2n) is 7.93. The zero-order valence-corrected chi connectivity index (χ0v) is 17.5. The number of hydrogen-bond donors (Lipinski definition) is 1. The molecule has 1 atom stereocenters. The van der Waals surface area contributed by atoms with Crippen molar-refractivity contribution < 1.29 is 9.59 Å². The number of hydrogen-bond acceptors (Lipinski definition) is 5. The number of nitrogens with zero attached hydrogens (tertiary/aromatic N) is 3. The minimum atomic E-state index is -0.859. The predicted octanol–water partition coefficient (Wildman–Crippen LogP) is 2.68.